The summed E-state index contributed by atoms with van der Waals surface area (Å²) in [4.78, 5) is 23.3. The topological polar surface area (TPSA) is 63.6 Å². The lowest BCUT2D eigenvalue weighted by Crippen LogP contribution is -2.48. The van der Waals surface area contributed by atoms with Gasteiger partial charge < -0.3 is 9.84 Å². The van der Waals surface area contributed by atoms with Gasteiger partial charge in [0.1, 0.15) is 5.41 Å². The van der Waals surface area contributed by atoms with Gasteiger partial charge in [-0.15, -0.1) is 0 Å². The number of carboxylic acids is 1. The molecule has 0 saturated carbocycles. The summed E-state index contributed by atoms with van der Waals surface area (Å²) in [5.74, 6) is -1.70. The highest BCUT2D eigenvalue weighted by Crippen LogP contribution is 2.49. The fourth-order valence-corrected chi connectivity index (χ4v) is 2.57. The molecular formula is C16H22O4. The Kier molecular flexibility index (Phi) is 4.93. The van der Waals surface area contributed by atoms with Gasteiger partial charge in [-0.2, -0.15) is 0 Å². The minimum absolute atomic E-state index is 0.295. The Hall–Kier alpha value is -1.84. The molecule has 1 N–H and O–H groups in total. The summed E-state index contributed by atoms with van der Waals surface area (Å²) in [5, 5.41) is 8.81. The Bertz CT molecular complexity index is 465. The van der Waals surface area contributed by atoms with E-state index in [1.807, 2.05) is 45.1 Å². The molecule has 0 amide bonds. The predicted octanol–water partition coefficient (Wildman–Crippen LogP) is 2.97. The Morgan fingerprint density at radius 2 is 2.00 bits per heavy atom. The van der Waals surface area contributed by atoms with E-state index in [2.05, 4.69) is 0 Å². The van der Waals surface area contributed by atoms with Crippen LogP contribution in [0.25, 0.3) is 0 Å². The maximum Gasteiger partial charge on any atom is 0.327 e. The van der Waals surface area contributed by atoms with Gasteiger partial charge in [0, 0.05) is 12.0 Å². The molecule has 0 saturated heterocycles. The average molecular weight is 278 g/mol. The van der Waals surface area contributed by atoms with E-state index in [1.165, 1.54) is 0 Å². The van der Waals surface area contributed by atoms with E-state index in [0.29, 0.717) is 6.61 Å². The molecule has 0 heterocycles. The summed E-state index contributed by atoms with van der Waals surface area (Å²) < 4.78 is 5.24. The number of carbonyl (C=O) groups excluding carboxylic acids is 1. The zero-order valence-corrected chi connectivity index (χ0v) is 12.4. The number of rotatable bonds is 4. The second-order valence-electron chi connectivity index (χ2n) is 5.81. The minimum atomic E-state index is -1.03. The van der Waals surface area contributed by atoms with Gasteiger partial charge in [-0.25, -0.2) is 4.79 Å². The van der Waals surface area contributed by atoms with Crippen molar-refractivity contribution in [1.29, 1.82) is 0 Å². The molecule has 0 bridgehead atoms. The molecule has 4 nitrogen and oxygen atoms in total. The van der Waals surface area contributed by atoms with Gasteiger partial charge in [0.25, 0.3) is 0 Å². The van der Waals surface area contributed by atoms with Crippen LogP contribution in [-0.2, 0) is 14.3 Å². The predicted molar refractivity (Wildman–Crippen MR) is 77.1 cm³/mol. The quantitative estimate of drug-likeness (QED) is 0.634. The monoisotopic (exact) mass is 278 g/mol. The van der Waals surface area contributed by atoms with E-state index in [1.54, 1.807) is 13.0 Å². The van der Waals surface area contributed by atoms with Crippen LogP contribution in [0.3, 0.4) is 0 Å². The Morgan fingerprint density at radius 3 is 2.50 bits per heavy atom. The zero-order valence-electron chi connectivity index (χ0n) is 12.4. The maximum atomic E-state index is 12.5. The van der Waals surface area contributed by atoms with Crippen molar-refractivity contribution in [3.8, 4) is 0 Å². The number of hydrogen-bond donors (Lipinski definition) is 1. The van der Waals surface area contributed by atoms with Crippen LogP contribution in [0.4, 0.5) is 0 Å². The second kappa shape index (κ2) is 6.07. The van der Waals surface area contributed by atoms with Gasteiger partial charge in [0.15, 0.2) is 0 Å². The molecule has 0 aliphatic heterocycles. The van der Waals surface area contributed by atoms with Crippen LogP contribution in [0.15, 0.2) is 36.5 Å². The fourth-order valence-electron chi connectivity index (χ4n) is 2.57. The van der Waals surface area contributed by atoms with Crippen molar-refractivity contribution in [2.45, 2.75) is 27.7 Å². The van der Waals surface area contributed by atoms with E-state index >= 15 is 0 Å². The van der Waals surface area contributed by atoms with Crippen molar-refractivity contribution in [3.63, 3.8) is 0 Å². The lowest BCUT2D eigenvalue weighted by molar-refractivity contribution is -0.160. The van der Waals surface area contributed by atoms with Crippen LogP contribution in [0.2, 0.25) is 0 Å². The molecule has 20 heavy (non-hydrogen) atoms. The zero-order chi connectivity index (χ0) is 15.4. The molecule has 1 aliphatic rings. The molecule has 0 radical (unpaired) electrons. The first-order valence-electron chi connectivity index (χ1n) is 6.70. The lowest BCUT2D eigenvalue weighted by Gasteiger charge is -2.45. The molecule has 1 rings (SSSR count). The number of esters is 1. The normalized spacial score (nSPS) is 25.9. The third kappa shape index (κ3) is 3.00. The van der Waals surface area contributed by atoms with Gasteiger partial charge in [0.05, 0.1) is 6.61 Å². The molecule has 110 valence electrons. The van der Waals surface area contributed by atoms with Gasteiger partial charge in [-0.3, -0.25) is 4.79 Å². The number of ether oxygens (including phenoxy) is 1. The highest BCUT2D eigenvalue weighted by molar-refractivity contribution is 5.83. The molecule has 0 fully saturated rings. The fraction of sp³-hybridized carbons (Fsp3) is 0.500. The van der Waals surface area contributed by atoms with Gasteiger partial charge in [-0.1, -0.05) is 51.2 Å². The first-order chi connectivity index (χ1) is 9.25. The standard InChI is InChI=1S/C16H22O4/c1-5-20-14(19)16(15(2,3)4)11-7-6-8-12(16)9-10-13(17)18/h6-12H,5H2,1-4H3,(H,17,18)/b10-9+. The van der Waals surface area contributed by atoms with Crippen molar-refractivity contribution in [2.75, 3.05) is 6.61 Å². The van der Waals surface area contributed by atoms with Crippen LogP contribution in [0.5, 0.6) is 0 Å². The van der Waals surface area contributed by atoms with Crippen LogP contribution in [0.1, 0.15) is 27.7 Å². The molecule has 0 aromatic rings. The van der Waals surface area contributed by atoms with E-state index in [9.17, 15) is 9.59 Å². The first kappa shape index (κ1) is 16.2. The molecule has 0 aromatic heterocycles. The van der Waals surface area contributed by atoms with Gasteiger partial charge >= 0.3 is 11.9 Å². The summed E-state index contributed by atoms with van der Waals surface area (Å²) >= 11 is 0. The number of allylic oxidation sites excluding steroid dienone is 4. The molecule has 0 aromatic carbocycles. The summed E-state index contributed by atoms with van der Waals surface area (Å²) in [6.07, 6.45) is 9.91. The molecule has 0 spiro atoms. The van der Waals surface area contributed by atoms with Gasteiger partial charge in [0.2, 0.25) is 0 Å². The molecule has 2 unspecified atom stereocenters. The first-order valence-corrected chi connectivity index (χ1v) is 6.70. The molecular weight excluding hydrogens is 256 g/mol. The van der Waals surface area contributed by atoms with Gasteiger partial charge in [-0.05, 0) is 12.3 Å². The summed E-state index contributed by atoms with van der Waals surface area (Å²) in [6, 6.07) is 0. The third-order valence-electron chi connectivity index (χ3n) is 3.61. The SMILES string of the molecule is CCOC(=O)C1(C(C)(C)C)C=CC=CC1/C=C/C(=O)O. The van der Waals surface area contributed by atoms with Crippen LogP contribution >= 0.6 is 0 Å². The van der Waals surface area contributed by atoms with Crippen molar-refractivity contribution < 1.29 is 19.4 Å². The Morgan fingerprint density at radius 1 is 1.35 bits per heavy atom. The summed E-state index contributed by atoms with van der Waals surface area (Å²) in [7, 11) is 0. The Labute approximate surface area is 119 Å². The summed E-state index contributed by atoms with van der Waals surface area (Å²) in [5.41, 5.74) is -1.31. The average Bonchev–Trinajstić information content (AvgIpc) is 2.35. The lowest BCUT2D eigenvalue weighted by atomic mass is 9.58. The maximum absolute atomic E-state index is 12.5. The molecule has 2 atom stereocenters. The largest absolute Gasteiger partial charge is 0.478 e. The van der Waals surface area contributed by atoms with Crippen LogP contribution in [-0.4, -0.2) is 23.7 Å². The minimum Gasteiger partial charge on any atom is -0.478 e. The number of carboxylic acid groups (broad SMARTS) is 1. The third-order valence-corrected chi connectivity index (χ3v) is 3.61. The number of aliphatic carboxylic acids is 1. The van der Waals surface area contributed by atoms with Crippen molar-refractivity contribution in [2.24, 2.45) is 16.7 Å². The van der Waals surface area contributed by atoms with Crippen molar-refractivity contribution in [1.82, 2.24) is 0 Å². The highest BCUT2D eigenvalue weighted by atomic mass is 16.5. The smallest absolute Gasteiger partial charge is 0.327 e. The summed E-state index contributed by atoms with van der Waals surface area (Å²) in [6.45, 7) is 7.92. The highest BCUT2D eigenvalue weighted by Gasteiger charge is 2.52. The van der Waals surface area contributed by atoms with E-state index in [0.717, 1.165) is 6.08 Å². The van der Waals surface area contributed by atoms with E-state index in [4.69, 9.17) is 9.84 Å². The van der Waals surface area contributed by atoms with E-state index in [-0.39, 0.29) is 11.9 Å². The second-order valence-corrected chi connectivity index (χ2v) is 5.81. The van der Waals surface area contributed by atoms with Crippen molar-refractivity contribution >= 4 is 11.9 Å². The number of hydrogen-bond acceptors (Lipinski definition) is 3. The van der Waals surface area contributed by atoms with Crippen LogP contribution < -0.4 is 0 Å². The van der Waals surface area contributed by atoms with Crippen molar-refractivity contribution in [3.05, 3.63) is 36.5 Å². The molecule has 1 aliphatic carbocycles. The van der Waals surface area contributed by atoms with Crippen LogP contribution in [0, 0.1) is 16.7 Å². The number of carbonyl (C=O) groups is 2. The Balaban J connectivity index is 3.31. The molecule has 4 heteroatoms. The van der Waals surface area contributed by atoms with E-state index < -0.39 is 16.8 Å².